The van der Waals surface area contributed by atoms with E-state index in [-0.39, 0.29) is 11.8 Å². The Balaban J connectivity index is 0.000000914. The van der Waals surface area contributed by atoms with E-state index in [4.69, 9.17) is 5.10 Å². The van der Waals surface area contributed by atoms with Crippen molar-refractivity contribution in [2.45, 2.75) is 71.6 Å². The lowest BCUT2D eigenvalue weighted by molar-refractivity contribution is 0.642. The fourth-order valence-electron chi connectivity index (χ4n) is 4.27. The highest BCUT2D eigenvalue weighted by Crippen LogP contribution is 2.46. The molecule has 3 nitrogen and oxygen atoms in total. The summed E-state index contributed by atoms with van der Waals surface area (Å²) in [7, 11) is 2.01. The third-order valence-corrected chi connectivity index (χ3v) is 6.07. The van der Waals surface area contributed by atoms with Gasteiger partial charge in [-0.15, -0.1) is 0 Å². The SMILES string of the molecule is C=C(CC(c1ccccc1)C(C#N)c1ccccc1)c1c(C2CC2)nn(C)c1C.CC.CC. The van der Waals surface area contributed by atoms with Crippen molar-refractivity contribution in [2.75, 3.05) is 0 Å². The molecule has 3 heteroatoms. The average Bonchev–Trinajstić information content (AvgIpc) is 3.68. The summed E-state index contributed by atoms with van der Waals surface area (Å²) in [5.74, 6) is 0.386. The highest BCUT2D eigenvalue weighted by molar-refractivity contribution is 5.69. The quantitative estimate of drug-likeness (QED) is 0.371. The highest BCUT2D eigenvalue weighted by atomic mass is 15.3. The van der Waals surface area contributed by atoms with E-state index in [2.05, 4.69) is 56.0 Å². The summed E-state index contributed by atoms with van der Waals surface area (Å²) in [4.78, 5) is 0. The van der Waals surface area contributed by atoms with E-state index >= 15 is 0 Å². The van der Waals surface area contributed by atoms with Gasteiger partial charge in [0.1, 0.15) is 0 Å². The molecule has 0 bridgehead atoms. The molecule has 1 heterocycles. The fourth-order valence-corrected chi connectivity index (χ4v) is 4.27. The molecule has 1 fully saturated rings. The van der Waals surface area contributed by atoms with Gasteiger partial charge in [-0.2, -0.15) is 10.4 Å². The van der Waals surface area contributed by atoms with E-state index in [1.165, 1.54) is 29.7 Å². The molecule has 0 radical (unpaired) electrons. The molecule has 1 aliphatic rings. The number of nitrogens with zero attached hydrogens (tertiary/aromatic N) is 3. The molecule has 4 rings (SSSR count). The summed E-state index contributed by atoms with van der Waals surface area (Å²) in [6, 6.07) is 23.1. The molecule has 2 unspecified atom stereocenters. The van der Waals surface area contributed by atoms with Crippen LogP contribution in [0.4, 0.5) is 0 Å². The molecule has 0 spiro atoms. The maximum absolute atomic E-state index is 10.1. The van der Waals surface area contributed by atoms with Gasteiger partial charge in [0.05, 0.1) is 17.7 Å². The summed E-state index contributed by atoms with van der Waals surface area (Å²) in [5.41, 5.74) is 6.88. The van der Waals surface area contributed by atoms with Crippen LogP contribution in [0.5, 0.6) is 0 Å². The zero-order chi connectivity index (χ0) is 24.4. The molecule has 2 atom stereocenters. The van der Waals surface area contributed by atoms with E-state index in [1.54, 1.807) is 0 Å². The molecular weight excluding hydrogens is 402 g/mol. The fraction of sp³-hybridized carbons (Fsp3) is 0.400. The van der Waals surface area contributed by atoms with Gasteiger partial charge < -0.3 is 0 Å². The molecule has 3 aromatic rings. The van der Waals surface area contributed by atoms with E-state index in [1.807, 2.05) is 63.7 Å². The first-order valence-corrected chi connectivity index (χ1v) is 12.3. The minimum atomic E-state index is -0.225. The Bertz CT molecular complexity index is 1040. The van der Waals surface area contributed by atoms with Crippen molar-refractivity contribution in [1.82, 2.24) is 9.78 Å². The van der Waals surface area contributed by atoms with Crippen LogP contribution in [0.1, 0.15) is 92.8 Å². The number of nitriles is 1. The predicted octanol–water partition coefficient (Wildman–Crippen LogP) is 8.15. The molecular formula is C30H39N3. The van der Waals surface area contributed by atoms with Crippen LogP contribution in [0.2, 0.25) is 0 Å². The Morgan fingerprint density at radius 2 is 1.52 bits per heavy atom. The monoisotopic (exact) mass is 441 g/mol. The smallest absolute Gasteiger partial charge is 0.0784 e. The van der Waals surface area contributed by atoms with Crippen LogP contribution in [-0.2, 0) is 7.05 Å². The Kier molecular flexibility index (Phi) is 10.1. The normalized spacial score (nSPS) is 14.0. The molecule has 0 N–H and O–H groups in total. The van der Waals surface area contributed by atoms with E-state index in [0.29, 0.717) is 5.92 Å². The van der Waals surface area contributed by atoms with Gasteiger partial charge >= 0.3 is 0 Å². The summed E-state index contributed by atoms with van der Waals surface area (Å²) >= 11 is 0. The number of hydrogen-bond acceptors (Lipinski definition) is 2. The summed E-state index contributed by atoms with van der Waals surface area (Å²) in [6.45, 7) is 14.6. The van der Waals surface area contributed by atoms with Gasteiger partial charge in [0, 0.05) is 30.1 Å². The predicted molar refractivity (Wildman–Crippen MR) is 140 cm³/mol. The van der Waals surface area contributed by atoms with Crippen molar-refractivity contribution in [3.8, 4) is 6.07 Å². The van der Waals surface area contributed by atoms with Crippen LogP contribution in [0.15, 0.2) is 67.2 Å². The molecule has 0 aliphatic heterocycles. The molecule has 1 saturated carbocycles. The number of allylic oxidation sites excluding steroid dienone is 1. The van der Waals surface area contributed by atoms with Crippen molar-refractivity contribution in [3.05, 3.63) is 95.3 Å². The molecule has 33 heavy (non-hydrogen) atoms. The number of benzene rings is 2. The number of aromatic nitrogens is 2. The second-order valence-corrected chi connectivity index (χ2v) is 8.09. The zero-order valence-electron chi connectivity index (χ0n) is 21.2. The zero-order valence-corrected chi connectivity index (χ0v) is 21.2. The van der Waals surface area contributed by atoms with Crippen molar-refractivity contribution in [2.24, 2.45) is 7.05 Å². The van der Waals surface area contributed by atoms with Crippen LogP contribution < -0.4 is 0 Å². The minimum absolute atomic E-state index is 0.0442. The Morgan fingerprint density at radius 3 is 2.00 bits per heavy atom. The van der Waals surface area contributed by atoms with Gasteiger partial charge in [0.15, 0.2) is 0 Å². The van der Waals surface area contributed by atoms with Gasteiger partial charge in [-0.3, -0.25) is 4.68 Å². The van der Waals surface area contributed by atoms with Crippen LogP contribution in [0.25, 0.3) is 5.57 Å². The Morgan fingerprint density at radius 1 is 1.00 bits per heavy atom. The number of aryl methyl sites for hydroxylation is 1. The van der Waals surface area contributed by atoms with Gasteiger partial charge in [0.25, 0.3) is 0 Å². The van der Waals surface area contributed by atoms with E-state index in [9.17, 15) is 5.26 Å². The highest BCUT2D eigenvalue weighted by Gasteiger charge is 2.33. The summed E-state index contributed by atoms with van der Waals surface area (Å²) in [5, 5.41) is 14.9. The lowest BCUT2D eigenvalue weighted by Crippen LogP contribution is -2.11. The van der Waals surface area contributed by atoms with E-state index < -0.39 is 0 Å². The third kappa shape index (κ3) is 6.23. The second-order valence-electron chi connectivity index (χ2n) is 8.09. The number of hydrogen-bond donors (Lipinski definition) is 0. The van der Waals surface area contributed by atoms with Gasteiger partial charge in [-0.05, 0) is 42.9 Å². The summed E-state index contributed by atoms with van der Waals surface area (Å²) in [6.07, 6.45) is 3.16. The van der Waals surface area contributed by atoms with Crippen LogP contribution >= 0.6 is 0 Å². The first kappa shape index (κ1) is 26.1. The molecule has 2 aromatic carbocycles. The topological polar surface area (TPSA) is 41.6 Å². The molecule has 0 saturated heterocycles. The second kappa shape index (κ2) is 12.8. The molecule has 174 valence electrons. The van der Waals surface area contributed by atoms with Gasteiger partial charge in [-0.25, -0.2) is 0 Å². The van der Waals surface area contributed by atoms with Crippen molar-refractivity contribution >= 4 is 5.57 Å². The molecule has 1 aromatic heterocycles. The first-order valence-electron chi connectivity index (χ1n) is 12.3. The van der Waals surface area contributed by atoms with Crippen LogP contribution in [0, 0.1) is 18.3 Å². The molecule has 0 amide bonds. The molecule has 1 aliphatic carbocycles. The van der Waals surface area contributed by atoms with Crippen molar-refractivity contribution < 1.29 is 0 Å². The Hall–Kier alpha value is -3.12. The average molecular weight is 442 g/mol. The van der Waals surface area contributed by atoms with E-state index in [0.717, 1.165) is 23.3 Å². The summed E-state index contributed by atoms with van der Waals surface area (Å²) < 4.78 is 1.98. The van der Waals surface area contributed by atoms with Crippen molar-refractivity contribution in [1.29, 1.82) is 5.26 Å². The maximum atomic E-state index is 10.1. The van der Waals surface area contributed by atoms with Gasteiger partial charge in [-0.1, -0.05) is 94.9 Å². The minimum Gasteiger partial charge on any atom is -0.272 e. The van der Waals surface area contributed by atoms with Gasteiger partial charge in [0.2, 0.25) is 0 Å². The standard InChI is InChI=1S/C26H27N3.2C2H6/c1-18(25-19(2)29(3)28-26(25)22-14-15-22)16-23(20-10-6-4-7-11-20)24(17-27)21-12-8-5-9-13-21;2*1-2/h4-13,22-24H,1,14-16H2,2-3H3;2*1-2H3. The van der Waals surface area contributed by atoms with Crippen LogP contribution in [0.3, 0.4) is 0 Å². The third-order valence-electron chi connectivity index (χ3n) is 6.07. The largest absolute Gasteiger partial charge is 0.272 e. The Labute approximate surface area is 200 Å². The number of rotatable bonds is 7. The lowest BCUT2D eigenvalue weighted by Gasteiger charge is -2.24. The lowest BCUT2D eigenvalue weighted by atomic mass is 9.77. The van der Waals surface area contributed by atoms with Crippen LogP contribution in [-0.4, -0.2) is 9.78 Å². The maximum Gasteiger partial charge on any atom is 0.0784 e. The van der Waals surface area contributed by atoms with Crippen molar-refractivity contribution in [3.63, 3.8) is 0 Å². The first-order chi connectivity index (χ1) is 16.1.